The number of nitrogens with zero attached hydrogens (tertiary/aromatic N) is 1. The number of nitro groups is 1. The standard InChI is InChI=1S/C13H14N2O5/c1-18-12-6-10(14-8-9-4-3-5-20-9)11(15(16)17)7-13(12)19-2/h3-7,14H,8H2,1-2H3. The monoisotopic (exact) mass is 278 g/mol. The predicted molar refractivity (Wildman–Crippen MR) is 72.2 cm³/mol. The number of hydrogen-bond acceptors (Lipinski definition) is 6. The smallest absolute Gasteiger partial charge is 0.296 e. The van der Waals surface area contributed by atoms with Gasteiger partial charge in [0.15, 0.2) is 11.5 Å². The summed E-state index contributed by atoms with van der Waals surface area (Å²) in [4.78, 5) is 10.6. The van der Waals surface area contributed by atoms with E-state index in [0.717, 1.165) is 0 Å². The van der Waals surface area contributed by atoms with Crippen molar-refractivity contribution in [3.05, 3.63) is 46.4 Å². The SMILES string of the molecule is COc1cc(NCc2ccco2)c([N+](=O)[O-])cc1OC. The Morgan fingerprint density at radius 1 is 1.30 bits per heavy atom. The molecule has 0 aliphatic rings. The van der Waals surface area contributed by atoms with Crippen LogP contribution in [0.15, 0.2) is 34.9 Å². The summed E-state index contributed by atoms with van der Waals surface area (Å²) in [6, 6.07) is 6.38. The molecule has 0 spiro atoms. The van der Waals surface area contributed by atoms with Crippen LogP contribution in [0.3, 0.4) is 0 Å². The van der Waals surface area contributed by atoms with Gasteiger partial charge in [0.05, 0.1) is 38.0 Å². The fourth-order valence-electron chi connectivity index (χ4n) is 1.76. The summed E-state index contributed by atoms with van der Waals surface area (Å²) in [5.74, 6) is 1.40. The second-order valence-corrected chi connectivity index (χ2v) is 3.91. The molecule has 1 N–H and O–H groups in total. The third-order valence-corrected chi connectivity index (χ3v) is 2.73. The first-order valence-electron chi connectivity index (χ1n) is 5.82. The highest BCUT2D eigenvalue weighted by Gasteiger charge is 2.19. The van der Waals surface area contributed by atoms with Crippen LogP contribution in [0.25, 0.3) is 0 Å². The fraction of sp³-hybridized carbons (Fsp3) is 0.231. The number of ether oxygens (including phenoxy) is 2. The third-order valence-electron chi connectivity index (χ3n) is 2.73. The van der Waals surface area contributed by atoms with Crippen molar-refractivity contribution >= 4 is 11.4 Å². The molecule has 0 bridgehead atoms. The predicted octanol–water partition coefficient (Wildman–Crippen LogP) is 2.82. The maximum atomic E-state index is 11.1. The highest BCUT2D eigenvalue weighted by molar-refractivity contribution is 5.68. The first-order chi connectivity index (χ1) is 9.65. The van der Waals surface area contributed by atoms with E-state index in [2.05, 4.69) is 5.32 Å². The van der Waals surface area contributed by atoms with Crippen LogP contribution in [0.4, 0.5) is 11.4 Å². The maximum Gasteiger partial charge on any atom is 0.296 e. The summed E-state index contributed by atoms with van der Waals surface area (Å²) in [7, 11) is 2.90. The van der Waals surface area contributed by atoms with Crippen molar-refractivity contribution in [2.24, 2.45) is 0 Å². The molecule has 106 valence electrons. The Balaban J connectivity index is 2.31. The molecular formula is C13H14N2O5. The second kappa shape index (κ2) is 5.96. The van der Waals surface area contributed by atoms with E-state index >= 15 is 0 Å². The number of hydrogen-bond donors (Lipinski definition) is 1. The summed E-state index contributed by atoms with van der Waals surface area (Å²) < 4.78 is 15.4. The largest absolute Gasteiger partial charge is 0.493 e. The average molecular weight is 278 g/mol. The lowest BCUT2D eigenvalue weighted by molar-refractivity contribution is -0.384. The molecule has 7 nitrogen and oxygen atoms in total. The maximum absolute atomic E-state index is 11.1. The Morgan fingerprint density at radius 3 is 2.55 bits per heavy atom. The molecule has 1 aromatic carbocycles. The zero-order chi connectivity index (χ0) is 14.5. The van der Waals surface area contributed by atoms with Gasteiger partial charge in [-0.2, -0.15) is 0 Å². The number of benzene rings is 1. The van der Waals surface area contributed by atoms with Crippen LogP contribution in [0, 0.1) is 10.1 Å². The van der Waals surface area contributed by atoms with Crippen LogP contribution in [-0.4, -0.2) is 19.1 Å². The van der Waals surface area contributed by atoms with Gasteiger partial charge < -0.3 is 19.2 Å². The molecule has 0 atom stereocenters. The lowest BCUT2D eigenvalue weighted by atomic mass is 10.2. The van der Waals surface area contributed by atoms with E-state index in [0.29, 0.717) is 29.5 Å². The average Bonchev–Trinajstić information content (AvgIpc) is 2.97. The summed E-state index contributed by atoms with van der Waals surface area (Å²) in [6.45, 7) is 0.337. The number of anilines is 1. The van der Waals surface area contributed by atoms with Gasteiger partial charge in [-0.05, 0) is 12.1 Å². The molecule has 1 heterocycles. The molecule has 2 aromatic rings. The molecule has 0 aliphatic heterocycles. The van der Waals surface area contributed by atoms with Crippen LogP contribution in [0.5, 0.6) is 11.5 Å². The summed E-state index contributed by atoms with van der Waals surface area (Å²) in [6.07, 6.45) is 1.54. The molecule has 0 unspecified atom stereocenters. The van der Waals surface area contributed by atoms with E-state index in [1.807, 2.05) is 0 Å². The first-order valence-corrected chi connectivity index (χ1v) is 5.82. The van der Waals surface area contributed by atoms with Gasteiger partial charge in [0.2, 0.25) is 0 Å². The van der Waals surface area contributed by atoms with Gasteiger partial charge in [0.1, 0.15) is 11.4 Å². The van der Waals surface area contributed by atoms with Crippen LogP contribution in [-0.2, 0) is 6.54 Å². The van der Waals surface area contributed by atoms with Crippen molar-refractivity contribution in [1.82, 2.24) is 0 Å². The Bertz CT molecular complexity index is 595. The Hall–Kier alpha value is -2.70. The van der Waals surface area contributed by atoms with E-state index in [-0.39, 0.29) is 5.69 Å². The summed E-state index contributed by atoms with van der Waals surface area (Å²) in [5, 5.41) is 14.0. The molecule has 2 rings (SSSR count). The minimum atomic E-state index is -0.480. The summed E-state index contributed by atoms with van der Waals surface area (Å²) in [5.41, 5.74) is 0.248. The van der Waals surface area contributed by atoms with Gasteiger partial charge in [-0.3, -0.25) is 10.1 Å². The Morgan fingerprint density at radius 2 is 2.00 bits per heavy atom. The van der Waals surface area contributed by atoms with E-state index < -0.39 is 4.92 Å². The van der Waals surface area contributed by atoms with Gasteiger partial charge in [-0.25, -0.2) is 0 Å². The Kier molecular flexibility index (Phi) is 4.09. The molecular weight excluding hydrogens is 264 g/mol. The molecule has 0 fully saturated rings. The van der Waals surface area contributed by atoms with Crippen LogP contribution >= 0.6 is 0 Å². The van der Waals surface area contributed by atoms with Gasteiger partial charge in [0.25, 0.3) is 5.69 Å². The highest BCUT2D eigenvalue weighted by Crippen LogP contribution is 2.37. The first kappa shape index (κ1) is 13.7. The van der Waals surface area contributed by atoms with E-state index in [9.17, 15) is 10.1 Å². The normalized spacial score (nSPS) is 10.1. The lowest BCUT2D eigenvalue weighted by Gasteiger charge is -2.11. The van der Waals surface area contributed by atoms with Crippen molar-refractivity contribution in [3.63, 3.8) is 0 Å². The van der Waals surface area contributed by atoms with Gasteiger partial charge in [-0.1, -0.05) is 0 Å². The zero-order valence-electron chi connectivity index (χ0n) is 11.1. The molecule has 7 heteroatoms. The molecule has 20 heavy (non-hydrogen) atoms. The molecule has 0 radical (unpaired) electrons. The number of nitro benzene ring substituents is 1. The van der Waals surface area contributed by atoms with Crippen molar-refractivity contribution in [2.45, 2.75) is 6.54 Å². The quantitative estimate of drug-likeness (QED) is 0.645. The zero-order valence-corrected chi connectivity index (χ0v) is 11.1. The fourth-order valence-corrected chi connectivity index (χ4v) is 1.76. The number of furan rings is 1. The van der Waals surface area contributed by atoms with Crippen molar-refractivity contribution in [3.8, 4) is 11.5 Å². The molecule has 1 aromatic heterocycles. The third kappa shape index (κ3) is 2.82. The number of methoxy groups -OCH3 is 2. The molecule has 0 amide bonds. The van der Waals surface area contributed by atoms with Crippen molar-refractivity contribution < 1.29 is 18.8 Å². The molecule has 0 saturated carbocycles. The van der Waals surface area contributed by atoms with Gasteiger partial charge >= 0.3 is 0 Å². The van der Waals surface area contributed by atoms with Crippen molar-refractivity contribution in [1.29, 1.82) is 0 Å². The number of nitrogens with one attached hydrogen (secondary N) is 1. The van der Waals surface area contributed by atoms with E-state index in [1.54, 1.807) is 18.4 Å². The van der Waals surface area contributed by atoms with Crippen LogP contribution < -0.4 is 14.8 Å². The summed E-state index contributed by atoms with van der Waals surface area (Å²) >= 11 is 0. The lowest BCUT2D eigenvalue weighted by Crippen LogP contribution is -2.03. The Labute approximate surface area is 115 Å². The van der Waals surface area contributed by atoms with Crippen LogP contribution in [0.1, 0.15) is 5.76 Å². The van der Waals surface area contributed by atoms with Crippen LogP contribution in [0.2, 0.25) is 0 Å². The topological polar surface area (TPSA) is 86.8 Å². The van der Waals surface area contributed by atoms with Crippen molar-refractivity contribution in [2.75, 3.05) is 19.5 Å². The second-order valence-electron chi connectivity index (χ2n) is 3.91. The van der Waals surface area contributed by atoms with E-state index in [1.165, 1.54) is 26.4 Å². The molecule has 0 aliphatic carbocycles. The minimum Gasteiger partial charge on any atom is -0.493 e. The molecule has 0 saturated heterocycles. The van der Waals surface area contributed by atoms with Gasteiger partial charge in [0, 0.05) is 6.07 Å². The minimum absolute atomic E-state index is 0.0887. The highest BCUT2D eigenvalue weighted by atomic mass is 16.6. The van der Waals surface area contributed by atoms with E-state index in [4.69, 9.17) is 13.9 Å². The van der Waals surface area contributed by atoms with Gasteiger partial charge in [-0.15, -0.1) is 0 Å². The number of rotatable bonds is 6.